The van der Waals surface area contributed by atoms with Gasteiger partial charge in [-0.2, -0.15) is 0 Å². The number of amides is 1. The zero-order valence-electron chi connectivity index (χ0n) is 11.9. The molecule has 2 N–H and O–H groups in total. The standard InChI is InChI=1S/C14H22N2O3/c1-9(2)8-11(14(18)19)15-13(17)12-6-5-7-16(12)10(3)4/h5-7,9-11H,8H2,1-4H3,(H,15,17)(H,18,19). The molecule has 0 bridgehead atoms. The molecule has 0 saturated carbocycles. The van der Waals surface area contributed by atoms with Gasteiger partial charge in [-0.05, 0) is 38.3 Å². The number of aliphatic carboxylic acids is 1. The molecule has 1 heterocycles. The molecule has 0 aliphatic carbocycles. The highest BCUT2D eigenvalue weighted by Crippen LogP contribution is 2.12. The minimum absolute atomic E-state index is 0.157. The van der Waals surface area contributed by atoms with Crippen LogP contribution in [0.5, 0.6) is 0 Å². The van der Waals surface area contributed by atoms with E-state index in [9.17, 15) is 9.59 Å². The van der Waals surface area contributed by atoms with Gasteiger partial charge in [-0.3, -0.25) is 4.79 Å². The van der Waals surface area contributed by atoms with Crippen LogP contribution in [0, 0.1) is 5.92 Å². The SMILES string of the molecule is CC(C)CC(NC(=O)c1cccn1C(C)C)C(=O)O. The largest absolute Gasteiger partial charge is 0.480 e. The van der Waals surface area contributed by atoms with Gasteiger partial charge in [-0.15, -0.1) is 0 Å². The fourth-order valence-corrected chi connectivity index (χ4v) is 1.96. The second-order valence-electron chi connectivity index (χ2n) is 5.39. The molecule has 1 amide bonds. The molecule has 0 saturated heterocycles. The van der Waals surface area contributed by atoms with E-state index < -0.39 is 12.0 Å². The monoisotopic (exact) mass is 266 g/mol. The first-order chi connectivity index (χ1) is 8.82. The van der Waals surface area contributed by atoms with E-state index in [1.165, 1.54) is 0 Å². The number of carboxylic acids is 1. The van der Waals surface area contributed by atoms with Crippen LogP contribution in [0.3, 0.4) is 0 Å². The molecule has 1 atom stereocenters. The van der Waals surface area contributed by atoms with E-state index >= 15 is 0 Å². The lowest BCUT2D eigenvalue weighted by atomic mass is 10.0. The van der Waals surface area contributed by atoms with Crippen molar-refractivity contribution in [3.8, 4) is 0 Å². The van der Waals surface area contributed by atoms with Gasteiger partial charge in [-0.25, -0.2) is 4.79 Å². The molecule has 1 rings (SSSR count). The molecule has 0 radical (unpaired) electrons. The van der Waals surface area contributed by atoms with Gasteiger partial charge >= 0.3 is 5.97 Å². The fraction of sp³-hybridized carbons (Fsp3) is 0.571. The van der Waals surface area contributed by atoms with Crippen molar-refractivity contribution < 1.29 is 14.7 Å². The van der Waals surface area contributed by atoms with Crippen molar-refractivity contribution in [3.05, 3.63) is 24.0 Å². The normalized spacial score (nSPS) is 12.7. The summed E-state index contributed by atoms with van der Waals surface area (Å²) in [5.41, 5.74) is 0.491. The minimum Gasteiger partial charge on any atom is -0.480 e. The third kappa shape index (κ3) is 4.12. The van der Waals surface area contributed by atoms with Gasteiger partial charge in [0.15, 0.2) is 0 Å². The Bertz CT molecular complexity index is 449. The van der Waals surface area contributed by atoms with Crippen LogP contribution in [0.1, 0.15) is 50.6 Å². The average Bonchev–Trinajstić information content (AvgIpc) is 2.76. The summed E-state index contributed by atoms with van der Waals surface area (Å²) in [5.74, 6) is -1.13. The van der Waals surface area contributed by atoms with Crippen molar-refractivity contribution in [2.75, 3.05) is 0 Å². The lowest BCUT2D eigenvalue weighted by Crippen LogP contribution is -2.42. The van der Waals surface area contributed by atoms with Gasteiger partial charge in [0, 0.05) is 12.2 Å². The van der Waals surface area contributed by atoms with Crippen molar-refractivity contribution in [1.82, 2.24) is 9.88 Å². The van der Waals surface area contributed by atoms with Gasteiger partial charge in [0.2, 0.25) is 0 Å². The molecular weight excluding hydrogens is 244 g/mol. The van der Waals surface area contributed by atoms with E-state index in [1.54, 1.807) is 12.1 Å². The summed E-state index contributed by atoms with van der Waals surface area (Å²) in [5, 5.41) is 11.7. The Kier molecular flexibility index (Phi) is 5.15. The molecule has 0 fully saturated rings. The van der Waals surface area contributed by atoms with Gasteiger partial charge in [-0.1, -0.05) is 13.8 Å². The Morgan fingerprint density at radius 1 is 1.32 bits per heavy atom. The number of carbonyl (C=O) groups excluding carboxylic acids is 1. The zero-order chi connectivity index (χ0) is 14.6. The van der Waals surface area contributed by atoms with E-state index in [0.29, 0.717) is 12.1 Å². The number of nitrogens with one attached hydrogen (secondary N) is 1. The quantitative estimate of drug-likeness (QED) is 0.830. The second-order valence-corrected chi connectivity index (χ2v) is 5.39. The summed E-state index contributed by atoms with van der Waals surface area (Å²) >= 11 is 0. The highest BCUT2D eigenvalue weighted by molar-refractivity contribution is 5.95. The van der Waals surface area contributed by atoms with Gasteiger partial charge in [0.25, 0.3) is 5.91 Å². The predicted octanol–water partition coefficient (Wildman–Crippen LogP) is 2.30. The molecule has 1 aromatic heterocycles. The summed E-state index contributed by atoms with van der Waals surface area (Å²) in [4.78, 5) is 23.3. The van der Waals surface area contributed by atoms with E-state index in [1.807, 2.05) is 38.5 Å². The highest BCUT2D eigenvalue weighted by Gasteiger charge is 2.23. The maximum atomic E-state index is 12.1. The Labute approximate surface area is 113 Å². The number of carboxylic acid groups (broad SMARTS) is 1. The van der Waals surface area contributed by atoms with Crippen LogP contribution >= 0.6 is 0 Å². The molecule has 0 aliphatic rings. The van der Waals surface area contributed by atoms with E-state index in [-0.39, 0.29) is 17.9 Å². The Balaban J connectivity index is 2.82. The number of nitrogens with zero attached hydrogens (tertiary/aromatic N) is 1. The first-order valence-electron chi connectivity index (χ1n) is 6.53. The molecule has 5 heteroatoms. The summed E-state index contributed by atoms with van der Waals surface area (Å²) in [6.07, 6.45) is 2.24. The van der Waals surface area contributed by atoms with Crippen molar-refractivity contribution in [3.63, 3.8) is 0 Å². The molecule has 5 nitrogen and oxygen atoms in total. The first kappa shape index (κ1) is 15.3. The molecule has 1 aromatic rings. The van der Waals surface area contributed by atoms with Gasteiger partial charge in [0.1, 0.15) is 11.7 Å². The lowest BCUT2D eigenvalue weighted by molar-refractivity contribution is -0.139. The zero-order valence-corrected chi connectivity index (χ0v) is 11.9. The molecule has 106 valence electrons. The van der Waals surface area contributed by atoms with E-state index in [2.05, 4.69) is 5.32 Å². The predicted molar refractivity (Wildman–Crippen MR) is 73.2 cm³/mol. The number of rotatable bonds is 6. The molecular formula is C14H22N2O3. The topological polar surface area (TPSA) is 71.3 Å². The molecule has 0 aromatic carbocycles. The number of hydrogen-bond donors (Lipinski definition) is 2. The maximum Gasteiger partial charge on any atom is 0.326 e. The number of hydrogen-bond acceptors (Lipinski definition) is 2. The van der Waals surface area contributed by atoms with Crippen LogP contribution in [-0.4, -0.2) is 27.6 Å². The van der Waals surface area contributed by atoms with Crippen LogP contribution in [0.25, 0.3) is 0 Å². The van der Waals surface area contributed by atoms with Crippen molar-refractivity contribution in [1.29, 1.82) is 0 Å². The third-order valence-corrected chi connectivity index (χ3v) is 2.88. The van der Waals surface area contributed by atoms with Crippen molar-refractivity contribution in [2.24, 2.45) is 5.92 Å². The summed E-state index contributed by atoms with van der Waals surface area (Å²) in [7, 11) is 0. The van der Waals surface area contributed by atoms with Gasteiger partial charge < -0.3 is 15.0 Å². The van der Waals surface area contributed by atoms with Gasteiger partial charge in [0.05, 0.1) is 0 Å². The van der Waals surface area contributed by atoms with Crippen molar-refractivity contribution in [2.45, 2.75) is 46.2 Å². The van der Waals surface area contributed by atoms with Crippen LogP contribution in [0.4, 0.5) is 0 Å². The average molecular weight is 266 g/mol. The van der Waals surface area contributed by atoms with Crippen LogP contribution in [-0.2, 0) is 4.79 Å². The number of aromatic nitrogens is 1. The summed E-state index contributed by atoms with van der Waals surface area (Å²) in [6.45, 7) is 7.80. The van der Waals surface area contributed by atoms with Crippen molar-refractivity contribution >= 4 is 11.9 Å². The summed E-state index contributed by atoms with van der Waals surface area (Å²) in [6, 6.07) is 2.80. The van der Waals surface area contributed by atoms with Crippen LogP contribution in [0.15, 0.2) is 18.3 Å². The Hall–Kier alpha value is -1.78. The lowest BCUT2D eigenvalue weighted by Gasteiger charge is -2.18. The smallest absolute Gasteiger partial charge is 0.326 e. The third-order valence-electron chi connectivity index (χ3n) is 2.88. The fourth-order valence-electron chi connectivity index (χ4n) is 1.96. The van der Waals surface area contributed by atoms with E-state index in [4.69, 9.17) is 5.11 Å². The number of carbonyl (C=O) groups is 2. The Morgan fingerprint density at radius 2 is 1.95 bits per heavy atom. The molecule has 1 unspecified atom stereocenters. The Morgan fingerprint density at radius 3 is 2.42 bits per heavy atom. The molecule has 19 heavy (non-hydrogen) atoms. The maximum absolute atomic E-state index is 12.1. The van der Waals surface area contributed by atoms with E-state index in [0.717, 1.165) is 0 Å². The molecule has 0 aliphatic heterocycles. The van der Waals surface area contributed by atoms with Crippen LogP contribution < -0.4 is 5.32 Å². The summed E-state index contributed by atoms with van der Waals surface area (Å²) < 4.78 is 1.82. The minimum atomic E-state index is -0.996. The van der Waals surface area contributed by atoms with Crippen LogP contribution in [0.2, 0.25) is 0 Å². The second kappa shape index (κ2) is 6.41. The highest BCUT2D eigenvalue weighted by atomic mass is 16.4. The molecule has 0 spiro atoms. The first-order valence-corrected chi connectivity index (χ1v) is 6.53.